The number of hydrogen-bond acceptors (Lipinski definition) is 4. The summed E-state index contributed by atoms with van der Waals surface area (Å²) in [5, 5.41) is 5.12. The van der Waals surface area contributed by atoms with Gasteiger partial charge in [0.2, 0.25) is 0 Å². The van der Waals surface area contributed by atoms with Crippen LogP contribution in [-0.2, 0) is 22.5 Å². The Morgan fingerprint density at radius 1 is 1.11 bits per heavy atom. The van der Waals surface area contributed by atoms with E-state index in [2.05, 4.69) is 15.4 Å². The highest BCUT2D eigenvalue weighted by molar-refractivity contribution is 6.07. The van der Waals surface area contributed by atoms with Crippen LogP contribution in [0.1, 0.15) is 28.4 Å². The summed E-state index contributed by atoms with van der Waals surface area (Å²) in [6.45, 7) is 2.12. The molecule has 1 unspecified atom stereocenters. The van der Waals surface area contributed by atoms with Crippen molar-refractivity contribution < 1.29 is 19.1 Å². The Balaban J connectivity index is 1.70. The van der Waals surface area contributed by atoms with E-state index in [1.807, 2.05) is 60.4 Å². The highest BCUT2D eigenvalue weighted by Crippen LogP contribution is 2.34. The number of esters is 1. The van der Waals surface area contributed by atoms with E-state index in [9.17, 15) is 14.4 Å². The van der Waals surface area contributed by atoms with Crippen molar-refractivity contribution in [1.82, 2.24) is 10.6 Å². The smallest absolute Gasteiger partial charge is 0.325 e. The van der Waals surface area contributed by atoms with Crippen molar-refractivity contribution in [3.8, 4) is 0 Å². The topological polar surface area (TPSA) is 87.7 Å². The number of methoxy groups -OCH3 is 1. The molecule has 2 N–H and O–H groups in total. The summed E-state index contributed by atoms with van der Waals surface area (Å²) < 4.78 is 4.48. The number of urea groups is 1. The molecule has 0 fully saturated rings. The predicted octanol–water partition coefficient (Wildman–Crippen LogP) is 2.25. The zero-order chi connectivity index (χ0) is 20.1. The lowest BCUT2D eigenvalue weighted by Gasteiger charge is -2.23. The van der Waals surface area contributed by atoms with Gasteiger partial charge in [-0.05, 0) is 42.7 Å². The number of nitrogens with one attached hydrogen (secondary N) is 2. The van der Waals surface area contributed by atoms with Gasteiger partial charge in [0.05, 0.1) is 7.11 Å². The zero-order valence-corrected chi connectivity index (χ0v) is 15.9. The summed E-state index contributed by atoms with van der Waals surface area (Å²) in [6.07, 6.45) is 0.793. The molecule has 0 aromatic heterocycles. The average molecular weight is 381 g/mol. The number of benzene rings is 2. The van der Waals surface area contributed by atoms with Gasteiger partial charge in [0.1, 0.15) is 6.54 Å². The molecule has 0 saturated carbocycles. The molecule has 3 amide bonds. The van der Waals surface area contributed by atoms with Crippen LogP contribution >= 0.6 is 0 Å². The number of carbonyl (C=O) groups excluding carboxylic acids is 3. The number of hydrogen-bond donors (Lipinski definition) is 2. The van der Waals surface area contributed by atoms with E-state index < -0.39 is 12.0 Å². The minimum atomic E-state index is -0.517. The Morgan fingerprint density at radius 2 is 1.86 bits per heavy atom. The number of amides is 3. The second-order valence-corrected chi connectivity index (χ2v) is 6.67. The summed E-state index contributed by atoms with van der Waals surface area (Å²) >= 11 is 0. The van der Waals surface area contributed by atoms with E-state index in [-0.39, 0.29) is 25.0 Å². The SMILES string of the molecule is COC(=O)CNC(=O)NCc1ccc2c(c1)N(C(=O)c1ccccc1)C(C)C2. The van der Waals surface area contributed by atoms with Crippen LogP contribution in [0.2, 0.25) is 0 Å². The molecule has 7 heteroatoms. The summed E-state index contributed by atoms with van der Waals surface area (Å²) in [6, 6.07) is 14.7. The molecule has 0 aliphatic carbocycles. The standard InChI is InChI=1S/C21H23N3O4/c1-14-10-17-9-8-15(12-22-21(27)23-13-19(25)28-2)11-18(17)24(14)20(26)16-6-4-3-5-7-16/h3-9,11,14H,10,12-13H2,1-2H3,(H2,22,23,27). The lowest BCUT2D eigenvalue weighted by molar-refractivity contribution is -0.139. The Morgan fingerprint density at radius 3 is 2.57 bits per heavy atom. The molecular formula is C21H23N3O4. The van der Waals surface area contributed by atoms with Crippen LogP contribution in [0.5, 0.6) is 0 Å². The van der Waals surface area contributed by atoms with E-state index >= 15 is 0 Å². The lowest BCUT2D eigenvalue weighted by Crippen LogP contribution is -2.38. The Kier molecular flexibility index (Phi) is 5.93. The first-order valence-corrected chi connectivity index (χ1v) is 9.08. The Hall–Kier alpha value is -3.35. The van der Waals surface area contributed by atoms with Crippen LogP contribution in [0.25, 0.3) is 0 Å². The highest BCUT2D eigenvalue weighted by atomic mass is 16.5. The van der Waals surface area contributed by atoms with Crippen molar-refractivity contribution in [1.29, 1.82) is 0 Å². The number of anilines is 1. The molecule has 0 radical (unpaired) electrons. The van der Waals surface area contributed by atoms with Gasteiger partial charge in [-0.1, -0.05) is 30.3 Å². The first kappa shape index (κ1) is 19.4. The fraction of sp³-hybridized carbons (Fsp3) is 0.286. The van der Waals surface area contributed by atoms with Crippen LogP contribution in [0.3, 0.4) is 0 Å². The fourth-order valence-electron chi connectivity index (χ4n) is 3.26. The Labute approximate surface area is 163 Å². The number of rotatable bonds is 5. The van der Waals surface area contributed by atoms with E-state index in [1.54, 1.807) is 0 Å². The van der Waals surface area contributed by atoms with Gasteiger partial charge in [0.15, 0.2) is 0 Å². The van der Waals surface area contributed by atoms with Gasteiger partial charge in [-0.2, -0.15) is 0 Å². The Bertz CT molecular complexity index is 882. The lowest BCUT2D eigenvalue weighted by atomic mass is 10.1. The average Bonchev–Trinajstić information content (AvgIpc) is 3.05. The van der Waals surface area contributed by atoms with Crippen LogP contribution in [0.15, 0.2) is 48.5 Å². The molecular weight excluding hydrogens is 358 g/mol. The second kappa shape index (κ2) is 8.56. The third-order valence-corrected chi connectivity index (χ3v) is 4.68. The molecule has 1 heterocycles. The minimum absolute atomic E-state index is 0.0345. The molecule has 2 aromatic carbocycles. The maximum Gasteiger partial charge on any atom is 0.325 e. The summed E-state index contributed by atoms with van der Waals surface area (Å²) in [5.41, 5.74) is 3.49. The van der Waals surface area contributed by atoms with Crippen molar-refractivity contribution in [2.45, 2.75) is 25.9 Å². The molecule has 0 saturated heterocycles. The number of nitrogens with zero attached hydrogens (tertiary/aromatic N) is 1. The van der Waals surface area contributed by atoms with Gasteiger partial charge in [0.25, 0.3) is 5.91 Å². The maximum atomic E-state index is 13.0. The maximum absolute atomic E-state index is 13.0. The summed E-state index contributed by atoms with van der Waals surface area (Å²) in [5.74, 6) is -0.551. The third kappa shape index (κ3) is 4.31. The molecule has 2 aromatic rings. The molecule has 7 nitrogen and oxygen atoms in total. The molecule has 1 aliphatic rings. The van der Waals surface area contributed by atoms with Gasteiger partial charge in [0, 0.05) is 23.8 Å². The van der Waals surface area contributed by atoms with Crippen molar-refractivity contribution in [3.63, 3.8) is 0 Å². The summed E-state index contributed by atoms with van der Waals surface area (Å²) in [7, 11) is 1.26. The van der Waals surface area contributed by atoms with Gasteiger partial charge in [-0.3, -0.25) is 9.59 Å². The molecule has 1 atom stereocenters. The van der Waals surface area contributed by atoms with Crippen LogP contribution in [-0.4, -0.2) is 37.6 Å². The second-order valence-electron chi connectivity index (χ2n) is 6.67. The van der Waals surface area contributed by atoms with Crippen LogP contribution in [0, 0.1) is 0 Å². The van der Waals surface area contributed by atoms with Crippen molar-refractivity contribution in [2.24, 2.45) is 0 Å². The number of carbonyl (C=O) groups is 3. The van der Waals surface area contributed by atoms with Crippen LogP contribution in [0.4, 0.5) is 10.5 Å². The van der Waals surface area contributed by atoms with Gasteiger partial charge in [-0.15, -0.1) is 0 Å². The molecule has 3 rings (SSSR count). The predicted molar refractivity (Wildman–Crippen MR) is 105 cm³/mol. The first-order valence-electron chi connectivity index (χ1n) is 9.08. The molecule has 146 valence electrons. The molecule has 1 aliphatic heterocycles. The van der Waals surface area contributed by atoms with Crippen molar-refractivity contribution >= 4 is 23.6 Å². The van der Waals surface area contributed by atoms with Gasteiger partial charge < -0.3 is 20.3 Å². The fourth-order valence-corrected chi connectivity index (χ4v) is 3.26. The van der Waals surface area contributed by atoms with Crippen molar-refractivity contribution in [2.75, 3.05) is 18.6 Å². The van der Waals surface area contributed by atoms with E-state index in [0.717, 1.165) is 23.2 Å². The van der Waals surface area contributed by atoms with E-state index in [0.29, 0.717) is 5.56 Å². The van der Waals surface area contributed by atoms with Crippen LogP contribution < -0.4 is 15.5 Å². The number of fused-ring (bicyclic) bond motifs is 1. The number of ether oxygens (including phenoxy) is 1. The largest absolute Gasteiger partial charge is 0.468 e. The van der Waals surface area contributed by atoms with E-state index in [1.165, 1.54) is 7.11 Å². The monoisotopic (exact) mass is 381 g/mol. The zero-order valence-electron chi connectivity index (χ0n) is 15.9. The minimum Gasteiger partial charge on any atom is -0.468 e. The van der Waals surface area contributed by atoms with Gasteiger partial charge >= 0.3 is 12.0 Å². The quantitative estimate of drug-likeness (QED) is 0.778. The normalized spacial score (nSPS) is 14.9. The molecule has 28 heavy (non-hydrogen) atoms. The summed E-state index contributed by atoms with van der Waals surface area (Å²) in [4.78, 5) is 37.6. The highest BCUT2D eigenvalue weighted by Gasteiger charge is 2.31. The first-order chi connectivity index (χ1) is 13.5. The van der Waals surface area contributed by atoms with Crippen molar-refractivity contribution in [3.05, 3.63) is 65.2 Å². The third-order valence-electron chi connectivity index (χ3n) is 4.68. The molecule has 0 spiro atoms. The molecule has 0 bridgehead atoms. The van der Waals surface area contributed by atoms with E-state index in [4.69, 9.17) is 0 Å². The van der Waals surface area contributed by atoms with Gasteiger partial charge in [-0.25, -0.2) is 4.79 Å².